The first-order valence-corrected chi connectivity index (χ1v) is 5.89. The van der Waals surface area contributed by atoms with Gasteiger partial charge in [0.1, 0.15) is 0 Å². The van der Waals surface area contributed by atoms with Crippen molar-refractivity contribution >= 4 is 24.0 Å². The number of halogens is 2. The van der Waals surface area contributed by atoms with Gasteiger partial charge in [0.05, 0.1) is 6.04 Å². The molecule has 0 unspecified atom stereocenters. The molecule has 1 aromatic heterocycles. The Kier molecular flexibility index (Phi) is 5.59. The first kappa shape index (κ1) is 15.0. The quantitative estimate of drug-likeness (QED) is 0.938. The lowest BCUT2D eigenvalue weighted by Crippen LogP contribution is -2.08. The Morgan fingerprint density at radius 2 is 2.00 bits per heavy atom. The van der Waals surface area contributed by atoms with Gasteiger partial charge in [0.2, 0.25) is 5.89 Å². The Hall–Kier alpha value is -1.10. The van der Waals surface area contributed by atoms with Gasteiger partial charge < -0.3 is 10.3 Å². The zero-order valence-corrected chi connectivity index (χ0v) is 11.5. The fourth-order valence-corrected chi connectivity index (χ4v) is 1.58. The fraction of sp³-hybridized carbons (Fsp3) is 0.333. The van der Waals surface area contributed by atoms with Crippen LogP contribution < -0.4 is 5.73 Å². The van der Waals surface area contributed by atoms with E-state index in [1.807, 2.05) is 31.2 Å². The maximum atomic E-state index is 5.81. The second-order valence-corrected chi connectivity index (χ2v) is 4.30. The number of nitrogens with two attached hydrogens (primary N) is 1. The molecule has 2 N–H and O–H groups in total. The summed E-state index contributed by atoms with van der Waals surface area (Å²) in [7, 11) is 0. The molecule has 18 heavy (non-hydrogen) atoms. The van der Waals surface area contributed by atoms with Gasteiger partial charge in [-0.1, -0.05) is 35.8 Å². The average Bonchev–Trinajstić information content (AvgIpc) is 2.80. The van der Waals surface area contributed by atoms with Crippen molar-refractivity contribution in [1.29, 1.82) is 0 Å². The molecule has 98 valence electrons. The molecule has 2 aromatic rings. The molecule has 1 atom stereocenters. The summed E-state index contributed by atoms with van der Waals surface area (Å²) in [6, 6.07) is 7.39. The number of benzene rings is 1. The second-order valence-electron chi connectivity index (χ2n) is 3.87. The third-order valence-electron chi connectivity index (χ3n) is 2.52. The van der Waals surface area contributed by atoms with E-state index in [0.717, 1.165) is 17.0 Å². The SMILES string of the molecule is CC[C@H](N)c1nc(Cc2ccc(Cl)cc2)no1.Cl. The summed E-state index contributed by atoms with van der Waals surface area (Å²) in [5.74, 6) is 1.14. The molecule has 0 aliphatic carbocycles. The van der Waals surface area contributed by atoms with Crippen LogP contribution in [0.15, 0.2) is 28.8 Å². The third kappa shape index (κ3) is 3.70. The van der Waals surface area contributed by atoms with Crippen molar-refractivity contribution < 1.29 is 4.52 Å². The van der Waals surface area contributed by atoms with E-state index in [-0.39, 0.29) is 18.4 Å². The lowest BCUT2D eigenvalue weighted by molar-refractivity contribution is 0.348. The summed E-state index contributed by atoms with van der Waals surface area (Å²) in [5, 5.41) is 4.62. The highest BCUT2D eigenvalue weighted by Crippen LogP contribution is 2.14. The molecular weight excluding hydrogens is 273 g/mol. The Morgan fingerprint density at radius 1 is 1.33 bits per heavy atom. The predicted octanol–water partition coefficient (Wildman–Crippen LogP) is 3.15. The molecule has 2 rings (SSSR count). The van der Waals surface area contributed by atoms with Crippen molar-refractivity contribution in [3.8, 4) is 0 Å². The van der Waals surface area contributed by atoms with Gasteiger partial charge in [-0.3, -0.25) is 0 Å². The van der Waals surface area contributed by atoms with Crippen LogP contribution in [0.4, 0.5) is 0 Å². The molecule has 0 fully saturated rings. The normalized spacial score (nSPS) is 11.9. The van der Waals surface area contributed by atoms with E-state index in [1.165, 1.54) is 0 Å². The lowest BCUT2D eigenvalue weighted by atomic mass is 10.1. The molecule has 1 heterocycles. The summed E-state index contributed by atoms with van der Waals surface area (Å²) >= 11 is 5.81. The van der Waals surface area contributed by atoms with Crippen LogP contribution >= 0.6 is 24.0 Å². The van der Waals surface area contributed by atoms with E-state index in [9.17, 15) is 0 Å². The smallest absolute Gasteiger partial charge is 0.243 e. The van der Waals surface area contributed by atoms with Crippen molar-refractivity contribution in [2.75, 3.05) is 0 Å². The summed E-state index contributed by atoms with van der Waals surface area (Å²) in [5.41, 5.74) is 6.90. The van der Waals surface area contributed by atoms with Crippen LogP contribution in [-0.2, 0) is 6.42 Å². The maximum absolute atomic E-state index is 5.81. The third-order valence-corrected chi connectivity index (χ3v) is 2.77. The van der Waals surface area contributed by atoms with Crippen molar-refractivity contribution in [3.63, 3.8) is 0 Å². The Bertz CT molecular complexity index is 484. The van der Waals surface area contributed by atoms with E-state index >= 15 is 0 Å². The van der Waals surface area contributed by atoms with Crippen molar-refractivity contribution in [1.82, 2.24) is 10.1 Å². The highest BCUT2D eigenvalue weighted by molar-refractivity contribution is 6.30. The largest absolute Gasteiger partial charge is 0.338 e. The molecule has 0 saturated carbocycles. The maximum Gasteiger partial charge on any atom is 0.243 e. The Morgan fingerprint density at radius 3 is 2.61 bits per heavy atom. The molecule has 4 nitrogen and oxygen atoms in total. The molecule has 6 heteroatoms. The summed E-state index contributed by atoms with van der Waals surface area (Å²) in [4.78, 5) is 4.26. The molecule has 0 saturated heterocycles. The molecular formula is C12H15Cl2N3O. The summed E-state index contributed by atoms with van der Waals surface area (Å²) < 4.78 is 5.10. The molecule has 0 aliphatic heterocycles. The minimum atomic E-state index is -0.179. The van der Waals surface area contributed by atoms with Crippen LogP contribution in [0.1, 0.15) is 36.7 Å². The predicted molar refractivity (Wildman–Crippen MR) is 73.0 cm³/mol. The van der Waals surface area contributed by atoms with E-state index in [2.05, 4.69) is 10.1 Å². The molecule has 0 aliphatic rings. The van der Waals surface area contributed by atoms with E-state index in [4.69, 9.17) is 21.9 Å². The zero-order chi connectivity index (χ0) is 12.3. The average molecular weight is 288 g/mol. The topological polar surface area (TPSA) is 64.9 Å². The number of rotatable bonds is 4. The van der Waals surface area contributed by atoms with Crippen LogP contribution in [0.5, 0.6) is 0 Å². The van der Waals surface area contributed by atoms with Gasteiger partial charge >= 0.3 is 0 Å². The van der Waals surface area contributed by atoms with Gasteiger partial charge in [-0.05, 0) is 24.1 Å². The highest BCUT2D eigenvalue weighted by Gasteiger charge is 2.12. The van der Waals surface area contributed by atoms with Crippen molar-refractivity contribution in [3.05, 3.63) is 46.6 Å². The van der Waals surface area contributed by atoms with E-state index in [0.29, 0.717) is 18.1 Å². The minimum Gasteiger partial charge on any atom is -0.338 e. The number of hydrogen-bond donors (Lipinski definition) is 1. The van der Waals surface area contributed by atoms with Crippen LogP contribution in [-0.4, -0.2) is 10.1 Å². The Labute approximate surface area is 117 Å². The summed E-state index contributed by atoms with van der Waals surface area (Å²) in [6.45, 7) is 1.98. The zero-order valence-electron chi connectivity index (χ0n) is 9.97. The molecule has 1 aromatic carbocycles. The van der Waals surface area contributed by atoms with Crippen molar-refractivity contribution in [2.45, 2.75) is 25.8 Å². The number of nitrogens with zero attached hydrogens (tertiary/aromatic N) is 2. The van der Waals surface area contributed by atoms with E-state index < -0.39 is 0 Å². The summed E-state index contributed by atoms with van der Waals surface area (Å²) in [6.07, 6.45) is 1.40. The fourth-order valence-electron chi connectivity index (χ4n) is 1.45. The molecule has 0 bridgehead atoms. The van der Waals surface area contributed by atoms with Gasteiger partial charge in [-0.2, -0.15) is 4.98 Å². The first-order chi connectivity index (χ1) is 8.19. The molecule has 0 spiro atoms. The van der Waals surface area contributed by atoms with Gasteiger partial charge in [0, 0.05) is 11.4 Å². The van der Waals surface area contributed by atoms with Gasteiger partial charge in [0.15, 0.2) is 5.82 Å². The van der Waals surface area contributed by atoms with Crippen LogP contribution in [0.3, 0.4) is 0 Å². The standard InChI is InChI=1S/C12H14ClN3O.ClH/c1-2-10(14)12-15-11(16-17-12)7-8-3-5-9(13)6-4-8;/h3-6,10H,2,7,14H2,1H3;1H/t10-;/m0./s1. The molecule has 0 radical (unpaired) electrons. The number of hydrogen-bond acceptors (Lipinski definition) is 4. The monoisotopic (exact) mass is 287 g/mol. The lowest BCUT2D eigenvalue weighted by Gasteiger charge is -1.99. The van der Waals surface area contributed by atoms with Crippen molar-refractivity contribution in [2.24, 2.45) is 5.73 Å². The van der Waals surface area contributed by atoms with Crippen LogP contribution in [0.25, 0.3) is 0 Å². The van der Waals surface area contributed by atoms with Gasteiger partial charge in [-0.25, -0.2) is 0 Å². The van der Waals surface area contributed by atoms with Crippen LogP contribution in [0, 0.1) is 0 Å². The number of aromatic nitrogens is 2. The van der Waals surface area contributed by atoms with E-state index in [1.54, 1.807) is 0 Å². The molecule has 0 amide bonds. The first-order valence-electron chi connectivity index (χ1n) is 5.51. The Balaban J connectivity index is 0.00000162. The minimum absolute atomic E-state index is 0. The highest BCUT2D eigenvalue weighted by atomic mass is 35.5. The van der Waals surface area contributed by atoms with Gasteiger partial charge in [-0.15, -0.1) is 12.4 Å². The van der Waals surface area contributed by atoms with Crippen LogP contribution in [0.2, 0.25) is 5.02 Å². The second kappa shape index (κ2) is 6.73. The van der Waals surface area contributed by atoms with Gasteiger partial charge in [0.25, 0.3) is 0 Å².